The molecular formula is C17H24FNO. The number of rotatable bonds is 2. The van der Waals surface area contributed by atoms with E-state index in [4.69, 9.17) is 10.5 Å². The van der Waals surface area contributed by atoms with E-state index >= 15 is 0 Å². The SMILES string of the molecule is Cc1ccc(C(N)C2CCOC3(CCCC3)C2)cc1F. The number of hydrogen-bond acceptors (Lipinski definition) is 2. The highest BCUT2D eigenvalue weighted by molar-refractivity contribution is 5.26. The summed E-state index contributed by atoms with van der Waals surface area (Å²) >= 11 is 0. The van der Waals surface area contributed by atoms with E-state index in [1.165, 1.54) is 25.7 Å². The van der Waals surface area contributed by atoms with Gasteiger partial charge < -0.3 is 10.5 Å². The Morgan fingerprint density at radius 2 is 2.10 bits per heavy atom. The van der Waals surface area contributed by atoms with Gasteiger partial charge in [-0.05, 0) is 55.7 Å². The molecule has 0 amide bonds. The van der Waals surface area contributed by atoms with Gasteiger partial charge in [-0.25, -0.2) is 4.39 Å². The third-order valence-electron chi connectivity index (χ3n) is 5.13. The van der Waals surface area contributed by atoms with Crippen LogP contribution in [0.25, 0.3) is 0 Å². The van der Waals surface area contributed by atoms with Gasteiger partial charge >= 0.3 is 0 Å². The lowest BCUT2D eigenvalue weighted by Crippen LogP contribution is -2.40. The average Bonchev–Trinajstić information content (AvgIpc) is 2.89. The summed E-state index contributed by atoms with van der Waals surface area (Å²) in [7, 11) is 0. The smallest absolute Gasteiger partial charge is 0.126 e. The third kappa shape index (κ3) is 2.61. The van der Waals surface area contributed by atoms with Crippen LogP contribution in [0, 0.1) is 18.7 Å². The molecule has 1 aliphatic carbocycles. The molecule has 110 valence electrons. The lowest BCUT2D eigenvalue weighted by molar-refractivity contribution is -0.0963. The van der Waals surface area contributed by atoms with Crippen LogP contribution in [-0.2, 0) is 4.74 Å². The van der Waals surface area contributed by atoms with Gasteiger partial charge in [0, 0.05) is 12.6 Å². The van der Waals surface area contributed by atoms with Gasteiger partial charge in [-0.15, -0.1) is 0 Å². The van der Waals surface area contributed by atoms with E-state index in [1.54, 1.807) is 13.0 Å². The van der Waals surface area contributed by atoms with Crippen molar-refractivity contribution in [3.8, 4) is 0 Å². The van der Waals surface area contributed by atoms with Crippen molar-refractivity contribution in [3.05, 3.63) is 35.1 Å². The Labute approximate surface area is 120 Å². The topological polar surface area (TPSA) is 35.2 Å². The molecule has 2 nitrogen and oxygen atoms in total. The number of benzene rings is 1. The molecule has 1 aromatic rings. The van der Waals surface area contributed by atoms with Crippen molar-refractivity contribution >= 4 is 0 Å². The molecule has 3 rings (SSSR count). The summed E-state index contributed by atoms with van der Waals surface area (Å²) < 4.78 is 19.8. The lowest BCUT2D eigenvalue weighted by Gasteiger charge is -2.40. The molecule has 2 unspecified atom stereocenters. The van der Waals surface area contributed by atoms with Gasteiger partial charge in [0.1, 0.15) is 5.82 Å². The fourth-order valence-corrected chi connectivity index (χ4v) is 3.83. The average molecular weight is 277 g/mol. The van der Waals surface area contributed by atoms with Crippen molar-refractivity contribution in [2.75, 3.05) is 6.61 Å². The molecule has 0 aromatic heterocycles. The molecule has 1 spiro atoms. The molecule has 0 radical (unpaired) electrons. The van der Waals surface area contributed by atoms with Crippen molar-refractivity contribution in [3.63, 3.8) is 0 Å². The minimum Gasteiger partial charge on any atom is -0.375 e. The van der Waals surface area contributed by atoms with Gasteiger partial charge in [0.2, 0.25) is 0 Å². The quantitative estimate of drug-likeness (QED) is 0.890. The zero-order valence-electron chi connectivity index (χ0n) is 12.2. The molecule has 1 heterocycles. The van der Waals surface area contributed by atoms with E-state index in [1.807, 2.05) is 12.1 Å². The van der Waals surface area contributed by atoms with Crippen LogP contribution in [0.5, 0.6) is 0 Å². The summed E-state index contributed by atoms with van der Waals surface area (Å²) in [5.41, 5.74) is 8.10. The molecule has 1 saturated heterocycles. The Morgan fingerprint density at radius 3 is 2.80 bits per heavy atom. The van der Waals surface area contributed by atoms with E-state index in [0.717, 1.165) is 25.0 Å². The van der Waals surface area contributed by atoms with Crippen LogP contribution in [0.15, 0.2) is 18.2 Å². The fraction of sp³-hybridized carbons (Fsp3) is 0.647. The Bertz CT molecular complexity index is 482. The predicted molar refractivity (Wildman–Crippen MR) is 77.9 cm³/mol. The van der Waals surface area contributed by atoms with Crippen molar-refractivity contribution in [2.24, 2.45) is 11.7 Å². The van der Waals surface area contributed by atoms with Crippen LogP contribution in [0.4, 0.5) is 4.39 Å². The second kappa shape index (κ2) is 5.45. The first kappa shape index (κ1) is 14.0. The first-order chi connectivity index (χ1) is 9.60. The number of nitrogens with two attached hydrogens (primary N) is 1. The van der Waals surface area contributed by atoms with Crippen LogP contribution < -0.4 is 5.73 Å². The second-order valence-corrected chi connectivity index (χ2v) is 6.53. The summed E-state index contributed by atoms with van der Waals surface area (Å²) in [5, 5.41) is 0. The lowest BCUT2D eigenvalue weighted by atomic mass is 9.79. The summed E-state index contributed by atoms with van der Waals surface area (Å²) in [4.78, 5) is 0. The third-order valence-corrected chi connectivity index (χ3v) is 5.13. The maximum atomic E-state index is 13.7. The molecule has 2 atom stereocenters. The maximum absolute atomic E-state index is 13.7. The Hall–Kier alpha value is -0.930. The Morgan fingerprint density at radius 1 is 1.35 bits per heavy atom. The second-order valence-electron chi connectivity index (χ2n) is 6.53. The van der Waals surface area contributed by atoms with Gasteiger partial charge in [0.25, 0.3) is 0 Å². The van der Waals surface area contributed by atoms with Crippen LogP contribution in [0.1, 0.15) is 55.7 Å². The number of hydrogen-bond donors (Lipinski definition) is 1. The van der Waals surface area contributed by atoms with Gasteiger partial charge in [-0.3, -0.25) is 0 Å². The predicted octanol–water partition coefficient (Wildman–Crippen LogP) is 3.87. The molecule has 1 saturated carbocycles. The maximum Gasteiger partial charge on any atom is 0.126 e. The Balaban J connectivity index is 1.75. The molecule has 2 aliphatic rings. The minimum absolute atomic E-state index is 0.0732. The van der Waals surface area contributed by atoms with Crippen LogP contribution in [0.2, 0.25) is 0 Å². The van der Waals surface area contributed by atoms with Gasteiger partial charge in [0.15, 0.2) is 0 Å². The molecule has 0 bridgehead atoms. The first-order valence-electron chi connectivity index (χ1n) is 7.75. The Kier molecular flexibility index (Phi) is 3.83. The van der Waals surface area contributed by atoms with Crippen LogP contribution in [-0.4, -0.2) is 12.2 Å². The van der Waals surface area contributed by atoms with Crippen molar-refractivity contribution in [1.29, 1.82) is 0 Å². The highest BCUT2D eigenvalue weighted by Gasteiger charge is 2.41. The van der Waals surface area contributed by atoms with E-state index in [2.05, 4.69) is 0 Å². The largest absolute Gasteiger partial charge is 0.375 e. The van der Waals surface area contributed by atoms with Crippen molar-refractivity contribution in [2.45, 2.75) is 57.1 Å². The van der Waals surface area contributed by atoms with E-state index in [-0.39, 0.29) is 17.5 Å². The van der Waals surface area contributed by atoms with E-state index < -0.39 is 0 Å². The van der Waals surface area contributed by atoms with Gasteiger partial charge in [-0.1, -0.05) is 25.0 Å². The highest BCUT2D eigenvalue weighted by Crippen LogP contribution is 2.44. The van der Waals surface area contributed by atoms with Crippen molar-refractivity contribution in [1.82, 2.24) is 0 Å². The molecule has 1 aliphatic heterocycles. The summed E-state index contributed by atoms with van der Waals surface area (Å²) in [6.45, 7) is 2.58. The number of ether oxygens (including phenoxy) is 1. The zero-order chi connectivity index (χ0) is 14.2. The standard InChI is InChI=1S/C17H24FNO/c1-12-4-5-13(10-15(12)18)16(19)14-6-9-20-17(11-14)7-2-3-8-17/h4-5,10,14,16H,2-3,6-9,11,19H2,1H3. The molecule has 1 aromatic carbocycles. The summed E-state index contributed by atoms with van der Waals surface area (Å²) in [5.74, 6) is 0.254. The first-order valence-corrected chi connectivity index (χ1v) is 7.75. The summed E-state index contributed by atoms with van der Waals surface area (Å²) in [6.07, 6.45) is 6.88. The molecule has 20 heavy (non-hydrogen) atoms. The summed E-state index contributed by atoms with van der Waals surface area (Å²) in [6, 6.07) is 5.33. The molecule has 2 N–H and O–H groups in total. The normalized spacial score (nSPS) is 26.9. The van der Waals surface area contributed by atoms with Crippen molar-refractivity contribution < 1.29 is 9.13 Å². The zero-order valence-corrected chi connectivity index (χ0v) is 12.2. The number of aryl methyl sites for hydroxylation is 1. The van der Waals surface area contributed by atoms with Gasteiger partial charge in [0.05, 0.1) is 5.60 Å². The van der Waals surface area contributed by atoms with Crippen LogP contribution >= 0.6 is 0 Å². The number of halogens is 1. The molecule has 2 fully saturated rings. The van der Waals surface area contributed by atoms with Gasteiger partial charge in [-0.2, -0.15) is 0 Å². The fourth-order valence-electron chi connectivity index (χ4n) is 3.83. The van der Waals surface area contributed by atoms with Crippen LogP contribution in [0.3, 0.4) is 0 Å². The monoisotopic (exact) mass is 277 g/mol. The van der Waals surface area contributed by atoms with E-state index in [0.29, 0.717) is 11.5 Å². The van der Waals surface area contributed by atoms with E-state index in [9.17, 15) is 4.39 Å². The minimum atomic E-state index is -0.152. The molecule has 3 heteroatoms. The highest BCUT2D eigenvalue weighted by atomic mass is 19.1. The molecular weight excluding hydrogens is 253 g/mol.